The first kappa shape index (κ1) is 28.7. The van der Waals surface area contributed by atoms with E-state index in [-0.39, 0.29) is 28.9 Å². The van der Waals surface area contributed by atoms with Gasteiger partial charge in [0.2, 0.25) is 15.9 Å². The summed E-state index contributed by atoms with van der Waals surface area (Å²) in [7, 11) is -4.29. The van der Waals surface area contributed by atoms with Crippen molar-refractivity contribution in [1.29, 1.82) is 0 Å². The molecule has 0 radical (unpaired) electrons. The number of ether oxygens (including phenoxy) is 1. The van der Waals surface area contributed by atoms with Crippen LogP contribution in [0.4, 0.5) is 10.1 Å². The standard InChI is InChI=1S/C25H30FN5O6S/c1-7-15(2)27-23(32)22-16(3)24(30(28-22)18-10-8-17(26)9-11-18)37-20-13-12-19(31(33)34)14-21(20)38(35,36)29-25(4,5)6/h8-15,29H,7H2,1-6H3,(H,27,32)/t15-/m0/s1. The number of non-ortho nitro benzene ring substituents is 1. The predicted octanol–water partition coefficient (Wildman–Crippen LogP) is 4.63. The second-order valence-corrected chi connectivity index (χ2v) is 11.4. The Morgan fingerprint density at radius 1 is 1.21 bits per heavy atom. The maximum atomic E-state index is 13.6. The molecule has 0 fully saturated rings. The summed E-state index contributed by atoms with van der Waals surface area (Å²) in [5.74, 6) is -1.22. The Balaban J connectivity index is 2.21. The van der Waals surface area contributed by atoms with E-state index in [1.54, 1.807) is 27.7 Å². The fraction of sp³-hybridized carbons (Fsp3) is 0.360. The van der Waals surface area contributed by atoms with E-state index in [2.05, 4.69) is 15.1 Å². The maximum Gasteiger partial charge on any atom is 0.272 e. The molecule has 3 aromatic rings. The number of carbonyl (C=O) groups excluding carboxylic acids is 1. The number of halogens is 1. The van der Waals surface area contributed by atoms with Gasteiger partial charge in [-0.1, -0.05) is 6.92 Å². The number of rotatable bonds is 9. The first-order valence-electron chi connectivity index (χ1n) is 11.8. The summed E-state index contributed by atoms with van der Waals surface area (Å²) in [4.78, 5) is 23.2. The molecule has 0 unspecified atom stereocenters. The van der Waals surface area contributed by atoms with Crippen LogP contribution in [0, 0.1) is 22.9 Å². The summed E-state index contributed by atoms with van der Waals surface area (Å²) in [5.41, 5.74) is -0.715. The molecule has 1 aromatic heterocycles. The van der Waals surface area contributed by atoms with Crippen LogP contribution >= 0.6 is 0 Å². The van der Waals surface area contributed by atoms with Crippen molar-refractivity contribution < 1.29 is 27.3 Å². The van der Waals surface area contributed by atoms with Crippen molar-refractivity contribution in [1.82, 2.24) is 19.8 Å². The molecule has 0 aliphatic rings. The van der Waals surface area contributed by atoms with Gasteiger partial charge in [0.25, 0.3) is 11.6 Å². The fourth-order valence-corrected chi connectivity index (χ4v) is 5.00. The van der Waals surface area contributed by atoms with Crippen LogP contribution < -0.4 is 14.8 Å². The van der Waals surface area contributed by atoms with Gasteiger partial charge in [-0.25, -0.2) is 17.5 Å². The molecule has 204 valence electrons. The van der Waals surface area contributed by atoms with Crippen LogP contribution in [0.1, 0.15) is 57.1 Å². The Labute approximate surface area is 220 Å². The van der Waals surface area contributed by atoms with Crippen molar-refractivity contribution in [3.8, 4) is 17.3 Å². The third kappa shape index (κ3) is 6.53. The number of hydrogen-bond acceptors (Lipinski definition) is 7. The molecule has 0 saturated heterocycles. The van der Waals surface area contributed by atoms with Gasteiger partial charge >= 0.3 is 0 Å². The lowest BCUT2D eigenvalue weighted by Gasteiger charge is -2.21. The first-order valence-corrected chi connectivity index (χ1v) is 13.3. The number of aromatic nitrogens is 2. The first-order chi connectivity index (χ1) is 17.6. The second-order valence-electron chi connectivity index (χ2n) is 9.80. The van der Waals surface area contributed by atoms with E-state index in [0.717, 1.165) is 18.2 Å². The summed E-state index contributed by atoms with van der Waals surface area (Å²) in [6.45, 7) is 10.2. The summed E-state index contributed by atoms with van der Waals surface area (Å²) in [6.07, 6.45) is 0.678. The highest BCUT2D eigenvalue weighted by Gasteiger charge is 2.30. The van der Waals surface area contributed by atoms with Crippen LogP contribution in [0.25, 0.3) is 5.69 Å². The van der Waals surface area contributed by atoms with Crippen LogP contribution in [0.3, 0.4) is 0 Å². The molecule has 38 heavy (non-hydrogen) atoms. The number of nitrogens with one attached hydrogen (secondary N) is 2. The van der Waals surface area contributed by atoms with Crippen LogP contribution in [0.2, 0.25) is 0 Å². The Morgan fingerprint density at radius 3 is 2.39 bits per heavy atom. The topological polar surface area (TPSA) is 145 Å². The highest BCUT2D eigenvalue weighted by molar-refractivity contribution is 7.89. The van der Waals surface area contributed by atoms with Crippen molar-refractivity contribution in [3.63, 3.8) is 0 Å². The van der Waals surface area contributed by atoms with E-state index in [9.17, 15) is 27.7 Å². The number of carbonyl (C=O) groups is 1. The Bertz CT molecular complexity index is 1460. The van der Waals surface area contributed by atoms with Gasteiger partial charge in [-0.05, 0) is 71.4 Å². The van der Waals surface area contributed by atoms with Gasteiger partial charge in [0.15, 0.2) is 5.69 Å². The highest BCUT2D eigenvalue weighted by Crippen LogP contribution is 2.36. The fourth-order valence-electron chi connectivity index (χ4n) is 3.43. The Hall–Kier alpha value is -3.84. The van der Waals surface area contributed by atoms with Gasteiger partial charge in [-0.15, -0.1) is 0 Å². The molecule has 0 aliphatic carbocycles. The van der Waals surface area contributed by atoms with E-state index in [0.29, 0.717) is 12.1 Å². The number of benzene rings is 2. The van der Waals surface area contributed by atoms with E-state index >= 15 is 0 Å². The summed E-state index contributed by atoms with van der Waals surface area (Å²) in [6, 6.07) is 8.25. The zero-order valence-electron chi connectivity index (χ0n) is 21.9. The molecule has 1 amide bonds. The van der Waals surface area contributed by atoms with E-state index in [4.69, 9.17) is 4.74 Å². The zero-order chi connectivity index (χ0) is 28.4. The molecule has 2 N–H and O–H groups in total. The number of nitro benzene ring substituents is 1. The molecule has 1 heterocycles. The van der Waals surface area contributed by atoms with Gasteiger partial charge < -0.3 is 10.1 Å². The molecule has 0 aliphatic heterocycles. The molecule has 3 rings (SSSR count). The van der Waals surface area contributed by atoms with E-state index in [1.165, 1.54) is 28.9 Å². The minimum absolute atomic E-state index is 0.0174. The maximum absolute atomic E-state index is 13.6. The van der Waals surface area contributed by atoms with Crippen molar-refractivity contribution in [2.45, 2.75) is 64.4 Å². The normalized spacial score (nSPS) is 12.7. The third-order valence-corrected chi connectivity index (χ3v) is 7.20. The molecule has 0 saturated carbocycles. The van der Waals surface area contributed by atoms with Crippen molar-refractivity contribution in [3.05, 3.63) is 69.7 Å². The minimum atomic E-state index is -4.29. The monoisotopic (exact) mass is 547 g/mol. The number of sulfonamides is 1. The average Bonchev–Trinajstić information content (AvgIpc) is 3.14. The molecule has 1 atom stereocenters. The average molecular weight is 548 g/mol. The number of nitro groups is 1. The summed E-state index contributed by atoms with van der Waals surface area (Å²) in [5, 5.41) is 18.6. The summed E-state index contributed by atoms with van der Waals surface area (Å²) >= 11 is 0. The number of nitrogens with zero attached hydrogens (tertiary/aromatic N) is 3. The minimum Gasteiger partial charge on any atom is -0.437 e. The lowest BCUT2D eigenvalue weighted by atomic mass is 10.1. The van der Waals surface area contributed by atoms with E-state index in [1.807, 2.05) is 13.8 Å². The van der Waals surface area contributed by atoms with Crippen molar-refractivity contribution >= 4 is 21.6 Å². The molecular formula is C25H30FN5O6S. The second kappa shape index (κ2) is 10.9. The third-order valence-electron chi connectivity index (χ3n) is 5.42. The van der Waals surface area contributed by atoms with Gasteiger partial charge in [0, 0.05) is 29.3 Å². The molecule has 2 aromatic carbocycles. The van der Waals surface area contributed by atoms with Crippen LogP contribution in [-0.2, 0) is 10.0 Å². The highest BCUT2D eigenvalue weighted by atomic mass is 32.2. The van der Waals surface area contributed by atoms with Crippen LogP contribution in [0.15, 0.2) is 47.4 Å². The SMILES string of the molecule is CC[C@H](C)NC(=O)c1nn(-c2ccc(F)cc2)c(Oc2ccc([N+](=O)[O-])cc2S(=O)(=O)NC(C)(C)C)c1C. The smallest absolute Gasteiger partial charge is 0.272 e. The van der Waals surface area contributed by atoms with Gasteiger partial charge in [-0.3, -0.25) is 14.9 Å². The van der Waals surface area contributed by atoms with Crippen molar-refractivity contribution in [2.75, 3.05) is 0 Å². The van der Waals surface area contributed by atoms with Gasteiger partial charge in [0.1, 0.15) is 16.5 Å². The number of hydrogen-bond donors (Lipinski definition) is 2. The largest absolute Gasteiger partial charge is 0.437 e. The molecule has 0 spiro atoms. The zero-order valence-corrected chi connectivity index (χ0v) is 22.7. The quantitative estimate of drug-likeness (QED) is 0.293. The van der Waals surface area contributed by atoms with Crippen molar-refractivity contribution in [2.24, 2.45) is 0 Å². The van der Waals surface area contributed by atoms with Gasteiger partial charge in [0.05, 0.1) is 10.6 Å². The van der Waals surface area contributed by atoms with E-state index < -0.39 is 42.8 Å². The lowest BCUT2D eigenvalue weighted by Crippen LogP contribution is -2.40. The predicted molar refractivity (Wildman–Crippen MR) is 139 cm³/mol. The van der Waals surface area contributed by atoms with Crippen LogP contribution in [0.5, 0.6) is 11.6 Å². The molecule has 11 nitrogen and oxygen atoms in total. The lowest BCUT2D eigenvalue weighted by molar-refractivity contribution is -0.385. The molecule has 0 bridgehead atoms. The van der Waals surface area contributed by atoms with Gasteiger partial charge in [-0.2, -0.15) is 9.78 Å². The Kier molecular flexibility index (Phi) is 8.22. The van der Waals surface area contributed by atoms with Crippen LogP contribution in [-0.4, -0.2) is 40.6 Å². The molecule has 13 heteroatoms. The number of amides is 1. The molecular weight excluding hydrogens is 517 g/mol. The summed E-state index contributed by atoms with van der Waals surface area (Å²) < 4.78 is 49.8. The Morgan fingerprint density at radius 2 is 1.84 bits per heavy atom.